The van der Waals surface area contributed by atoms with Crippen LogP contribution < -0.4 is 20.3 Å². The van der Waals surface area contributed by atoms with Crippen LogP contribution in [0.1, 0.15) is 16.7 Å². The van der Waals surface area contributed by atoms with E-state index in [9.17, 15) is 14.9 Å². The molecule has 0 radical (unpaired) electrons. The van der Waals surface area contributed by atoms with Crippen LogP contribution in [0.15, 0.2) is 77.2 Å². The first-order chi connectivity index (χ1) is 16.9. The van der Waals surface area contributed by atoms with Gasteiger partial charge in [-0.1, -0.05) is 29.8 Å². The molecule has 0 unspecified atom stereocenters. The third-order valence-electron chi connectivity index (χ3n) is 5.25. The number of ether oxygens (including phenoxy) is 2. The molecule has 1 amide bonds. The lowest BCUT2D eigenvalue weighted by Crippen LogP contribution is -2.20. The smallest absolute Gasteiger partial charge is 0.269 e. The maximum Gasteiger partial charge on any atom is 0.269 e. The molecule has 2 aromatic heterocycles. The fourth-order valence-corrected chi connectivity index (χ4v) is 3.49. The summed E-state index contributed by atoms with van der Waals surface area (Å²) in [6.45, 7) is 3.85. The molecule has 0 aliphatic heterocycles. The van der Waals surface area contributed by atoms with Crippen molar-refractivity contribution in [1.29, 1.82) is 5.26 Å². The number of carbonyl (C=O) groups is 1. The summed E-state index contributed by atoms with van der Waals surface area (Å²) in [6.07, 6.45) is 2.76. The lowest BCUT2D eigenvalue weighted by atomic mass is 10.1. The Labute approximate surface area is 201 Å². The number of benzene rings is 2. The number of nitriles is 1. The highest BCUT2D eigenvalue weighted by Crippen LogP contribution is 2.27. The van der Waals surface area contributed by atoms with Crippen molar-refractivity contribution in [2.45, 2.75) is 13.8 Å². The lowest BCUT2D eigenvalue weighted by Gasteiger charge is -2.12. The van der Waals surface area contributed by atoms with Gasteiger partial charge in [0.15, 0.2) is 0 Å². The summed E-state index contributed by atoms with van der Waals surface area (Å²) in [7, 11) is 1.51. The summed E-state index contributed by atoms with van der Waals surface area (Å²) >= 11 is 0. The molecular weight excluding hydrogens is 444 g/mol. The molecule has 4 rings (SSSR count). The second-order valence-corrected chi connectivity index (χ2v) is 7.79. The van der Waals surface area contributed by atoms with Crippen LogP contribution in [0.3, 0.4) is 0 Å². The Bertz CT molecular complexity index is 1560. The Morgan fingerprint density at radius 3 is 2.69 bits per heavy atom. The predicted octanol–water partition coefficient (Wildman–Crippen LogP) is 4.66. The Hall–Kier alpha value is -4.90. The van der Waals surface area contributed by atoms with Gasteiger partial charge >= 0.3 is 0 Å². The molecule has 0 bridgehead atoms. The standard InChI is InChI=1S/C27H22N4O4/c1-17-10-11-23(18(2)13-17)35-26-22(27(33)31-12-5-4-9-24(31)30-26)14-19(16-28)25(32)29-20-7-6-8-21(15-20)34-3/h4-15H,1-3H3,(H,29,32)/b19-14-. The molecule has 8 heteroatoms. The first kappa shape index (κ1) is 23.3. The minimum atomic E-state index is -0.684. The maximum absolute atomic E-state index is 13.3. The highest BCUT2D eigenvalue weighted by molar-refractivity contribution is 6.09. The van der Waals surface area contributed by atoms with Crippen molar-refractivity contribution in [2.75, 3.05) is 12.4 Å². The summed E-state index contributed by atoms with van der Waals surface area (Å²) in [6, 6.07) is 19.3. The number of fused-ring (bicyclic) bond motifs is 1. The first-order valence-electron chi connectivity index (χ1n) is 10.7. The molecule has 0 aliphatic rings. The number of amides is 1. The molecule has 0 saturated heterocycles. The lowest BCUT2D eigenvalue weighted by molar-refractivity contribution is -0.112. The van der Waals surface area contributed by atoms with E-state index in [0.717, 1.165) is 11.1 Å². The van der Waals surface area contributed by atoms with Gasteiger partial charge in [0.25, 0.3) is 11.5 Å². The van der Waals surface area contributed by atoms with Crippen molar-refractivity contribution in [2.24, 2.45) is 0 Å². The van der Waals surface area contributed by atoms with E-state index in [-0.39, 0.29) is 17.0 Å². The zero-order valence-electron chi connectivity index (χ0n) is 19.4. The zero-order valence-corrected chi connectivity index (χ0v) is 19.4. The summed E-state index contributed by atoms with van der Waals surface area (Å²) in [5.41, 5.74) is 1.94. The van der Waals surface area contributed by atoms with E-state index >= 15 is 0 Å². The number of nitrogens with zero attached hydrogens (tertiary/aromatic N) is 3. The largest absolute Gasteiger partial charge is 0.497 e. The number of anilines is 1. The van der Waals surface area contributed by atoms with Crippen molar-refractivity contribution in [3.8, 4) is 23.4 Å². The SMILES string of the molecule is COc1cccc(NC(=O)/C(C#N)=C\c2c(Oc3ccc(C)cc3C)nc3ccccn3c2=O)c1. The molecule has 8 nitrogen and oxygen atoms in total. The van der Waals surface area contributed by atoms with Crippen LogP contribution in [0.2, 0.25) is 0 Å². The third-order valence-corrected chi connectivity index (χ3v) is 5.25. The summed E-state index contributed by atoms with van der Waals surface area (Å²) in [4.78, 5) is 30.7. The van der Waals surface area contributed by atoms with Crippen LogP contribution in [0, 0.1) is 25.2 Å². The van der Waals surface area contributed by atoms with Crippen LogP contribution in [0.5, 0.6) is 17.4 Å². The van der Waals surface area contributed by atoms with Gasteiger partial charge in [0.05, 0.1) is 7.11 Å². The Balaban J connectivity index is 1.80. The summed E-state index contributed by atoms with van der Waals surface area (Å²) in [5.74, 6) is 0.369. The van der Waals surface area contributed by atoms with E-state index in [1.54, 1.807) is 54.7 Å². The van der Waals surface area contributed by atoms with Crippen molar-refractivity contribution in [1.82, 2.24) is 9.38 Å². The number of carbonyl (C=O) groups excluding carboxylic acids is 1. The van der Waals surface area contributed by atoms with Gasteiger partial charge in [-0.25, -0.2) is 0 Å². The van der Waals surface area contributed by atoms with Crippen LogP contribution >= 0.6 is 0 Å². The minimum absolute atomic E-state index is 0.00455. The molecule has 174 valence electrons. The number of aryl methyl sites for hydroxylation is 2. The molecule has 0 saturated carbocycles. The summed E-state index contributed by atoms with van der Waals surface area (Å²) in [5, 5.41) is 12.4. The number of hydrogen-bond donors (Lipinski definition) is 1. The van der Waals surface area contributed by atoms with Gasteiger partial charge in [-0.05, 0) is 55.8 Å². The van der Waals surface area contributed by atoms with Crippen LogP contribution in [0.4, 0.5) is 5.69 Å². The Morgan fingerprint density at radius 1 is 1.11 bits per heavy atom. The van der Waals surface area contributed by atoms with E-state index in [1.807, 2.05) is 32.0 Å². The molecule has 0 fully saturated rings. The Morgan fingerprint density at radius 2 is 1.94 bits per heavy atom. The highest BCUT2D eigenvalue weighted by Gasteiger charge is 2.18. The molecule has 4 aromatic rings. The van der Waals surface area contributed by atoms with Crippen LogP contribution in [-0.4, -0.2) is 22.4 Å². The van der Waals surface area contributed by atoms with Crippen LogP contribution in [0.25, 0.3) is 11.7 Å². The van der Waals surface area contributed by atoms with Gasteiger partial charge in [-0.3, -0.25) is 14.0 Å². The number of rotatable bonds is 6. The van der Waals surface area contributed by atoms with Crippen molar-refractivity contribution in [3.05, 3.63) is 99.5 Å². The monoisotopic (exact) mass is 466 g/mol. The molecule has 0 atom stereocenters. The minimum Gasteiger partial charge on any atom is -0.497 e. The normalized spacial score (nSPS) is 11.1. The molecule has 2 aromatic carbocycles. The summed E-state index contributed by atoms with van der Waals surface area (Å²) < 4.78 is 12.5. The average Bonchev–Trinajstić information content (AvgIpc) is 2.85. The van der Waals surface area contributed by atoms with E-state index in [0.29, 0.717) is 22.8 Å². The van der Waals surface area contributed by atoms with Gasteiger partial charge in [0.1, 0.15) is 34.4 Å². The molecule has 1 N–H and O–H groups in total. The average molecular weight is 466 g/mol. The zero-order chi connectivity index (χ0) is 24.9. The second-order valence-electron chi connectivity index (χ2n) is 7.79. The number of hydrogen-bond acceptors (Lipinski definition) is 6. The van der Waals surface area contributed by atoms with Crippen molar-refractivity contribution < 1.29 is 14.3 Å². The highest BCUT2D eigenvalue weighted by atomic mass is 16.5. The number of pyridine rings is 1. The topological polar surface area (TPSA) is 106 Å². The number of aromatic nitrogens is 2. The maximum atomic E-state index is 13.3. The quantitative estimate of drug-likeness (QED) is 0.327. The van der Waals surface area contributed by atoms with Crippen molar-refractivity contribution >= 4 is 23.3 Å². The van der Waals surface area contributed by atoms with Gasteiger partial charge in [0.2, 0.25) is 5.88 Å². The fourth-order valence-electron chi connectivity index (χ4n) is 3.49. The van der Waals surface area contributed by atoms with E-state index in [2.05, 4.69) is 10.3 Å². The molecule has 35 heavy (non-hydrogen) atoms. The molecule has 2 heterocycles. The fraction of sp³-hybridized carbons (Fsp3) is 0.111. The number of methoxy groups -OCH3 is 1. The van der Waals surface area contributed by atoms with E-state index in [4.69, 9.17) is 9.47 Å². The Kier molecular flexibility index (Phi) is 6.60. The van der Waals surface area contributed by atoms with Gasteiger partial charge in [0, 0.05) is 18.0 Å². The predicted molar refractivity (Wildman–Crippen MR) is 133 cm³/mol. The van der Waals surface area contributed by atoms with Crippen LogP contribution in [-0.2, 0) is 4.79 Å². The third kappa shape index (κ3) is 5.04. The molecule has 0 spiro atoms. The number of nitrogens with one attached hydrogen (secondary N) is 1. The second kappa shape index (κ2) is 9.93. The molecule has 0 aliphatic carbocycles. The molecular formula is C27H22N4O4. The van der Waals surface area contributed by atoms with Crippen molar-refractivity contribution in [3.63, 3.8) is 0 Å². The van der Waals surface area contributed by atoms with Gasteiger partial charge in [-0.15, -0.1) is 0 Å². The van der Waals surface area contributed by atoms with E-state index < -0.39 is 11.5 Å². The van der Waals surface area contributed by atoms with E-state index in [1.165, 1.54) is 17.6 Å². The van der Waals surface area contributed by atoms with Gasteiger partial charge < -0.3 is 14.8 Å². The van der Waals surface area contributed by atoms with Gasteiger partial charge in [-0.2, -0.15) is 10.2 Å². The first-order valence-corrected chi connectivity index (χ1v) is 10.7.